The zero-order valence-corrected chi connectivity index (χ0v) is 17.6. The standard InChI is InChI=1S/C20H28F2N2O3S/c1-20(2,3)27-19(26)23-16-9-8-13(12-24(18(16)25)10-11-28-4)14-6-5-7-15(21)17(14)22/h5-7,13,16H,8-12H2,1-4H3,(H,23,26)/t13-,16-/m1/s1. The van der Waals surface area contributed by atoms with Crippen LogP contribution >= 0.6 is 11.8 Å². The van der Waals surface area contributed by atoms with Crippen molar-refractivity contribution >= 4 is 23.8 Å². The minimum atomic E-state index is -0.896. The Morgan fingerprint density at radius 3 is 2.68 bits per heavy atom. The van der Waals surface area contributed by atoms with Crippen molar-refractivity contribution in [1.82, 2.24) is 10.2 Å². The van der Waals surface area contributed by atoms with Gasteiger partial charge in [0.15, 0.2) is 11.6 Å². The van der Waals surface area contributed by atoms with Crippen LogP contribution in [0.2, 0.25) is 0 Å². The third-order valence-electron chi connectivity index (χ3n) is 4.53. The number of nitrogens with one attached hydrogen (secondary N) is 1. The van der Waals surface area contributed by atoms with Crippen molar-refractivity contribution in [3.63, 3.8) is 0 Å². The van der Waals surface area contributed by atoms with Gasteiger partial charge in [-0.05, 0) is 51.5 Å². The fourth-order valence-corrected chi connectivity index (χ4v) is 3.64. The Balaban J connectivity index is 2.21. The fourth-order valence-electron chi connectivity index (χ4n) is 3.24. The number of benzene rings is 1. The molecule has 1 aliphatic rings. The van der Waals surface area contributed by atoms with Gasteiger partial charge in [0.2, 0.25) is 5.91 Å². The molecule has 0 unspecified atom stereocenters. The summed E-state index contributed by atoms with van der Waals surface area (Å²) < 4.78 is 33.3. The Morgan fingerprint density at radius 2 is 2.04 bits per heavy atom. The number of rotatable bonds is 5. The van der Waals surface area contributed by atoms with Crippen LogP contribution in [0.15, 0.2) is 18.2 Å². The van der Waals surface area contributed by atoms with Crippen LogP contribution in [0, 0.1) is 11.6 Å². The molecule has 8 heteroatoms. The van der Waals surface area contributed by atoms with E-state index in [9.17, 15) is 18.4 Å². The summed E-state index contributed by atoms with van der Waals surface area (Å²) in [6, 6.07) is 3.36. The number of nitrogens with zero attached hydrogens (tertiary/aromatic N) is 1. The lowest BCUT2D eigenvalue weighted by atomic mass is 9.93. The molecule has 2 rings (SSSR count). The maximum Gasteiger partial charge on any atom is 0.408 e. The summed E-state index contributed by atoms with van der Waals surface area (Å²) in [6.45, 7) is 5.99. The Morgan fingerprint density at radius 1 is 1.32 bits per heavy atom. The molecule has 1 N–H and O–H groups in total. The average molecular weight is 415 g/mol. The minimum Gasteiger partial charge on any atom is -0.444 e. The summed E-state index contributed by atoms with van der Waals surface area (Å²) in [5.41, 5.74) is -0.413. The smallest absolute Gasteiger partial charge is 0.408 e. The molecule has 0 saturated carbocycles. The molecule has 0 radical (unpaired) electrons. The molecule has 0 spiro atoms. The second-order valence-corrected chi connectivity index (χ2v) is 8.88. The monoisotopic (exact) mass is 414 g/mol. The van der Waals surface area contributed by atoms with Crippen LogP contribution in [0.5, 0.6) is 0 Å². The molecule has 1 saturated heterocycles. The quantitative estimate of drug-likeness (QED) is 0.793. The van der Waals surface area contributed by atoms with Gasteiger partial charge in [0.1, 0.15) is 11.6 Å². The van der Waals surface area contributed by atoms with Gasteiger partial charge in [-0.1, -0.05) is 12.1 Å². The number of hydrogen-bond donors (Lipinski definition) is 1. The summed E-state index contributed by atoms with van der Waals surface area (Å²) in [7, 11) is 0. The molecule has 1 heterocycles. The van der Waals surface area contributed by atoms with Crippen molar-refractivity contribution in [2.45, 2.75) is 51.2 Å². The second-order valence-electron chi connectivity index (χ2n) is 7.89. The van der Waals surface area contributed by atoms with Crippen LogP contribution in [-0.2, 0) is 9.53 Å². The lowest BCUT2D eigenvalue weighted by Crippen LogP contribution is -2.49. The fraction of sp³-hybridized carbons (Fsp3) is 0.600. The second kappa shape index (κ2) is 9.58. The van der Waals surface area contributed by atoms with E-state index in [-0.39, 0.29) is 23.9 Å². The number of carbonyl (C=O) groups excluding carboxylic acids is 2. The Labute approximate surface area is 169 Å². The van der Waals surface area contributed by atoms with E-state index in [4.69, 9.17) is 4.74 Å². The van der Waals surface area contributed by atoms with E-state index < -0.39 is 29.4 Å². The number of likely N-dealkylation sites (tertiary alicyclic amines) is 1. The molecular formula is C20H28F2N2O3S. The third-order valence-corrected chi connectivity index (χ3v) is 5.12. The lowest BCUT2D eigenvalue weighted by molar-refractivity contribution is -0.132. The third kappa shape index (κ3) is 6.09. The highest BCUT2D eigenvalue weighted by atomic mass is 32.2. The van der Waals surface area contributed by atoms with Gasteiger partial charge >= 0.3 is 6.09 Å². The molecule has 0 aliphatic carbocycles. The first kappa shape index (κ1) is 22.5. The summed E-state index contributed by atoms with van der Waals surface area (Å²) in [6.07, 6.45) is 2.05. The number of alkyl carbamates (subject to hydrolysis) is 1. The van der Waals surface area contributed by atoms with Crippen LogP contribution in [-0.4, -0.2) is 53.6 Å². The first-order chi connectivity index (χ1) is 13.1. The molecule has 156 valence electrons. The number of amides is 2. The van der Waals surface area contributed by atoms with Gasteiger partial charge in [0, 0.05) is 24.8 Å². The van der Waals surface area contributed by atoms with Gasteiger partial charge in [-0.2, -0.15) is 11.8 Å². The normalized spacial score (nSPS) is 20.6. The van der Waals surface area contributed by atoms with E-state index >= 15 is 0 Å². The average Bonchev–Trinajstić information content (AvgIpc) is 2.74. The topological polar surface area (TPSA) is 58.6 Å². The van der Waals surface area contributed by atoms with Gasteiger partial charge in [0.05, 0.1) is 0 Å². The molecule has 1 aromatic carbocycles. The summed E-state index contributed by atoms with van der Waals surface area (Å²) in [4.78, 5) is 26.7. The molecule has 1 aliphatic heterocycles. The molecule has 0 bridgehead atoms. The van der Waals surface area contributed by atoms with E-state index in [2.05, 4.69) is 5.32 Å². The van der Waals surface area contributed by atoms with Crippen molar-refractivity contribution in [2.24, 2.45) is 0 Å². The first-order valence-electron chi connectivity index (χ1n) is 9.33. The van der Waals surface area contributed by atoms with Gasteiger partial charge < -0.3 is 15.0 Å². The number of ether oxygens (including phenoxy) is 1. The van der Waals surface area contributed by atoms with Crippen molar-refractivity contribution in [2.75, 3.05) is 25.1 Å². The highest BCUT2D eigenvalue weighted by molar-refractivity contribution is 7.98. The molecule has 2 amide bonds. The van der Waals surface area contributed by atoms with Gasteiger partial charge in [-0.15, -0.1) is 0 Å². The van der Waals surface area contributed by atoms with Crippen LogP contribution in [0.3, 0.4) is 0 Å². The molecular weight excluding hydrogens is 386 g/mol. The zero-order valence-electron chi connectivity index (χ0n) is 16.8. The Hall–Kier alpha value is -1.83. The predicted octanol–water partition coefficient (Wildman–Crippen LogP) is 3.93. The summed E-state index contributed by atoms with van der Waals surface area (Å²) >= 11 is 1.59. The molecule has 2 atom stereocenters. The first-order valence-corrected chi connectivity index (χ1v) is 10.7. The molecule has 1 aromatic rings. The van der Waals surface area contributed by atoms with Crippen LogP contribution in [0.4, 0.5) is 13.6 Å². The Bertz CT molecular complexity index is 709. The van der Waals surface area contributed by atoms with Crippen molar-refractivity contribution in [3.05, 3.63) is 35.4 Å². The number of hydrogen-bond acceptors (Lipinski definition) is 4. The van der Waals surface area contributed by atoms with Crippen molar-refractivity contribution < 1.29 is 23.1 Å². The molecule has 5 nitrogen and oxygen atoms in total. The van der Waals surface area contributed by atoms with E-state index in [0.717, 1.165) is 6.07 Å². The SMILES string of the molecule is CSCCN1C[C@H](c2cccc(F)c2F)CC[C@@H](NC(=O)OC(C)(C)C)C1=O. The molecule has 28 heavy (non-hydrogen) atoms. The lowest BCUT2D eigenvalue weighted by Gasteiger charge is -2.27. The molecule has 1 fully saturated rings. The van der Waals surface area contributed by atoms with E-state index in [0.29, 0.717) is 25.1 Å². The molecule has 0 aromatic heterocycles. The minimum absolute atomic E-state index is 0.223. The highest BCUT2D eigenvalue weighted by Gasteiger charge is 2.34. The maximum atomic E-state index is 14.3. The van der Waals surface area contributed by atoms with E-state index in [1.54, 1.807) is 43.5 Å². The largest absolute Gasteiger partial charge is 0.444 e. The van der Waals surface area contributed by atoms with Crippen LogP contribution in [0.25, 0.3) is 0 Å². The summed E-state index contributed by atoms with van der Waals surface area (Å²) in [5, 5.41) is 2.64. The number of carbonyl (C=O) groups is 2. The van der Waals surface area contributed by atoms with Crippen LogP contribution in [0.1, 0.15) is 45.1 Å². The van der Waals surface area contributed by atoms with Crippen molar-refractivity contribution in [3.8, 4) is 0 Å². The predicted molar refractivity (Wildman–Crippen MR) is 106 cm³/mol. The van der Waals surface area contributed by atoms with E-state index in [1.165, 1.54) is 6.07 Å². The maximum absolute atomic E-state index is 14.3. The van der Waals surface area contributed by atoms with Gasteiger partial charge in [-0.3, -0.25) is 4.79 Å². The summed E-state index contributed by atoms with van der Waals surface area (Å²) in [5.74, 6) is -1.62. The van der Waals surface area contributed by atoms with Gasteiger partial charge in [0.25, 0.3) is 0 Å². The zero-order chi connectivity index (χ0) is 20.9. The van der Waals surface area contributed by atoms with Gasteiger partial charge in [-0.25, -0.2) is 13.6 Å². The Kier molecular flexibility index (Phi) is 7.69. The number of halogens is 2. The highest BCUT2D eigenvalue weighted by Crippen LogP contribution is 2.30. The number of thioether (sulfide) groups is 1. The van der Waals surface area contributed by atoms with Crippen LogP contribution < -0.4 is 5.32 Å². The van der Waals surface area contributed by atoms with E-state index in [1.807, 2.05) is 6.26 Å². The van der Waals surface area contributed by atoms with Crippen molar-refractivity contribution in [1.29, 1.82) is 0 Å².